The Morgan fingerprint density at radius 2 is 2.21 bits per heavy atom. The lowest BCUT2D eigenvalue weighted by Crippen LogP contribution is -2.49. The quantitative estimate of drug-likeness (QED) is 0.846. The first-order valence-corrected chi connectivity index (χ1v) is 7.61. The summed E-state index contributed by atoms with van der Waals surface area (Å²) in [5.74, 6) is -0.371. The number of amides is 1. The summed E-state index contributed by atoms with van der Waals surface area (Å²) < 4.78 is 15.9. The Hall–Kier alpha value is -2.54. The molecule has 1 N–H and O–H groups in total. The Labute approximate surface area is 140 Å². The number of hydrogen-bond donors (Lipinski definition) is 1. The largest absolute Gasteiger partial charge is 0.493 e. The SMILES string of the molecule is C/C=C/c1ccc(OCC(=O)N2CCOC(C(=O)O)C2)c(OC)c1. The second-order valence-corrected chi connectivity index (χ2v) is 5.24. The summed E-state index contributed by atoms with van der Waals surface area (Å²) in [4.78, 5) is 24.6. The molecule has 24 heavy (non-hydrogen) atoms. The first kappa shape index (κ1) is 17.8. The van der Waals surface area contributed by atoms with Gasteiger partial charge in [0.25, 0.3) is 5.91 Å². The van der Waals surface area contributed by atoms with Crippen LogP contribution in [0.3, 0.4) is 0 Å². The average Bonchev–Trinajstić information content (AvgIpc) is 2.60. The molecule has 0 aliphatic carbocycles. The van der Waals surface area contributed by atoms with E-state index in [1.54, 1.807) is 6.07 Å². The Morgan fingerprint density at radius 3 is 2.88 bits per heavy atom. The van der Waals surface area contributed by atoms with E-state index in [-0.39, 0.29) is 25.7 Å². The van der Waals surface area contributed by atoms with Gasteiger partial charge < -0.3 is 24.2 Å². The lowest BCUT2D eigenvalue weighted by atomic mass is 10.2. The van der Waals surface area contributed by atoms with Crippen molar-refractivity contribution in [2.24, 2.45) is 0 Å². The number of aliphatic carboxylic acids is 1. The van der Waals surface area contributed by atoms with Gasteiger partial charge in [-0.1, -0.05) is 18.2 Å². The number of nitrogens with zero attached hydrogens (tertiary/aromatic N) is 1. The Morgan fingerprint density at radius 1 is 1.42 bits per heavy atom. The number of carboxylic acid groups (broad SMARTS) is 1. The molecule has 1 heterocycles. The molecule has 1 fully saturated rings. The summed E-state index contributed by atoms with van der Waals surface area (Å²) in [6.07, 6.45) is 2.85. The minimum atomic E-state index is -1.07. The molecule has 0 bridgehead atoms. The number of carbonyl (C=O) groups is 2. The Bertz CT molecular complexity index is 628. The topological polar surface area (TPSA) is 85.3 Å². The van der Waals surface area contributed by atoms with Gasteiger partial charge >= 0.3 is 5.97 Å². The maximum absolute atomic E-state index is 12.2. The number of rotatable bonds is 6. The molecule has 1 unspecified atom stereocenters. The molecule has 1 atom stereocenters. The van der Waals surface area contributed by atoms with Crippen molar-refractivity contribution in [1.29, 1.82) is 0 Å². The molecule has 1 aliphatic rings. The molecule has 7 nitrogen and oxygen atoms in total. The number of morpholine rings is 1. The molecule has 0 aromatic heterocycles. The highest BCUT2D eigenvalue weighted by Crippen LogP contribution is 2.28. The van der Waals surface area contributed by atoms with Gasteiger partial charge in [0, 0.05) is 6.54 Å². The van der Waals surface area contributed by atoms with Gasteiger partial charge in [0.05, 0.1) is 20.3 Å². The predicted octanol–water partition coefficient (Wildman–Crippen LogP) is 1.42. The van der Waals surface area contributed by atoms with Crippen molar-refractivity contribution in [2.75, 3.05) is 33.4 Å². The van der Waals surface area contributed by atoms with Crippen LogP contribution in [0.2, 0.25) is 0 Å². The van der Waals surface area contributed by atoms with Crippen molar-refractivity contribution < 1.29 is 28.9 Å². The number of allylic oxidation sites excluding steroid dienone is 1. The lowest BCUT2D eigenvalue weighted by Gasteiger charge is -2.30. The van der Waals surface area contributed by atoms with Crippen LogP contribution in [0.15, 0.2) is 24.3 Å². The van der Waals surface area contributed by atoms with Gasteiger partial charge in [0.1, 0.15) is 0 Å². The molecule has 2 rings (SSSR count). The van der Waals surface area contributed by atoms with E-state index in [0.717, 1.165) is 5.56 Å². The van der Waals surface area contributed by atoms with Gasteiger partial charge in [-0.15, -0.1) is 0 Å². The van der Waals surface area contributed by atoms with E-state index >= 15 is 0 Å². The summed E-state index contributed by atoms with van der Waals surface area (Å²) in [5, 5.41) is 8.97. The van der Waals surface area contributed by atoms with Crippen LogP contribution in [0.4, 0.5) is 0 Å². The maximum atomic E-state index is 12.2. The third-order valence-corrected chi connectivity index (χ3v) is 3.59. The molecule has 130 valence electrons. The number of carboxylic acids is 1. The van der Waals surface area contributed by atoms with Crippen molar-refractivity contribution in [2.45, 2.75) is 13.0 Å². The van der Waals surface area contributed by atoms with Gasteiger partial charge in [-0.3, -0.25) is 4.79 Å². The van der Waals surface area contributed by atoms with Crippen LogP contribution in [-0.2, 0) is 14.3 Å². The molecule has 0 spiro atoms. The molecule has 1 aliphatic heterocycles. The van der Waals surface area contributed by atoms with E-state index in [9.17, 15) is 9.59 Å². The molecule has 1 saturated heterocycles. The molecule has 7 heteroatoms. The number of benzene rings is 1. The molecule has 1 aromatic rings. The summed E-state index contributed by atoms with van der Waals surface area (Å²) >= 11 is 0. The van der Waals surface area contributed by atoms with Crippen LogP contribution in [0.1, 0.15) is 12.5 Å². The average molecular weight is 335 g/mol. The summed E-state index contributed by atoms with van der Waals surface area (Å²) in [6.45, 7) is 2.30. The molecular weight excluding hydrogens is 314 g/mol. The minimum absolute atomic E-state index is 0.0227. The first-order chi connectivity index (χ1) is 11.5. The molecule has 1 amide bonds. The van der Waals surface area contributed by atoms with Crippen LogP contribution in [0.25, 0.3) is 6.08 Å². The van der Waals surface area contributed by atoms with E-state index in [1.165, 1.54) is 12.0 Å². The highest BCUT2D eigenvalue weighted by Gasteiger charge is 2.29. The fourth-order valence-corrected chi connectivity index (χ4v) is 2.36. The Balaban J connectivity index is 1.97. The standard InChI is InChI=1S/C17H21NO6/c1-3-4-12-5-6-13(14(9-12)22-2)24-11-16(19)18-7-8-23-15(10-18)17(20)21/h3-6,9,15H,7-8,10-11H2,1-2H3,(H,20,21)/b4-3+. The minimum Gasteiger partial charge on any atom is -0.493 e. The lowest BCUT2D eigenvalue weighted by molar-refractivity contribution is -0.159. The van der Waals surface area contributed by atoms with Crippen LogP contribution in [0, 0.1) is 0 Å². The van der Waals surface area contributed by atoms with E-state index in [1.807, 2.05) is 31.2 Å². The molecule has 0 radical (unpaired) electrons. The summed E-state index contributed by atoms with van der Waals surface area (Å²) in [7, 11) is 1.53. The van der Waals surface area contributed by atoms with Crippen LogP contribution in [0.5, 0.6) is 11.5 Å². The van der Waals surface area contributed by atoms with Gasteiger partial charge in [-0.2, -0.15) is 0 Å². The highest BCUT2D eigenvalue weighted by atomic mass is 16.5. The second kappa shape index (κ2) is 8.35. The molecule has 1 aromatic carbocycles. The van der Waals surface area contributed by atoms with Crippen LogP contribution < -0.4 is 9.47 Å². The van der Waals surface area contributed by atoms with Crippen molar-refractivity contribution in [1.82, 2.24) is 4.90 Å². The monoisotopic (exact) mass is 335 g/mol. The first-order valence-electron chi connectivity index (χ1n) is 7.61. The number of hydrogen-bond acceptors (Lipinski definition) is 5. The zero-order valence-electron chi connectivity index (χ0n) is 13.7. The van der Waals surface area contributed by atoms with Crippen molar-refractivity contribution in [3.8, 4) is 11.5 Å². The van der Waals surface area contributed by atoms with Crippen LogP contribution >= 0.6 is 0 Å². The van der Waals surface area contributed by atoms with Gasteiger partial charge in [-0.05, 0) is 24.6 Å². The van der Waals surface area contributed by atoms with E-state index in [2.05, 4.69) is 0 Å². The third kappa shape index (κ3) is 4.48. The Kier molecular flexibility index (Phi) is 6.20. The van der Waals surface area contributed by atoms with Gasteiger partial charge in [0.15, 0.2) is 24.2 Å². The fourth-order valence-electron chi connectivity index (χ4n) is 2.36. The van der Waals surface area contributed by atoms with Crippen molar-refractivity contribution >= 4 is 18.0 Å². The fraction of sp³-hybridized carbons (Fsp3) is 0.412. The number of ether oxygens (including phenoxy) is 3. The van der Waals surface area contributed by atoms with Crippen molar-refractivity contribution in [3.05, 3.63) is 29.8 Å². The molecular formula is C17H21NO6. The zero-order valence-corrected chi connectivity index (χ0v) is 13.7. The smallest absolute Gasteiger partial charge is 0.334 e. The van der Waals surface area contributed by atoms with E-state index in [4.69, 9.17) is 19.3 Å². The second-order valence-electron chi connectivity index (χ2n) is 5.24. The summed E-state index contributed by atoms with van der Waals surface area (Å²) in [6, 6.07) is 5.41. The van der Waals surface area contributed by atoms with Crippen molar-refractivity contribution in [3.63, 3.8) is 0 Å². The maximum Gasteiger partial charge on any atom is 0.334 e. The molecule has 0 saturated carbocycles. The van der Waals surface area contributed by atoms with Gasteiger partial charge in [0.2, 0.25) is 0 Å². The van der Waals surface area contributed by atoms with E-state index < -0.39 is 12.1 Å². The van der Waals surface area contributed by atoms with Gasteiger partial charge in [-0.25, -0.2) is 4.79 Å². The number of carbonyl (C=O) groups excluding carboxylic acids is 1. The predicted molar refractivity (Wildman–Crippen MR) is 87.2 cm³/mol. The normalized spacial score (nSPS) is 17.8. The zero-order chi connectivity index (χ0) is 17.5. The third-order valence-electron chi connectivity index (χ3n) is 3.59. The summed E-state index contributed by atoms with van der Waals surface area (Å²) in [5.41, 5.74) is 0.963. The van der Waals surface area contributed by atoms with E-state index in [0.29, 0.717) is 18.0 Å². The number of methoxy groups -OCH3 is 1. The highest BCUT2D eigenvalue weighted by molar-refractivity contribution is 5.80. The van der Waals surface area contributed by atoms with Crippen LogP contribution in [-0.4, -0.2) is 61.4 Å².